The number of nitrogens with one attached hydrogen (secondary N) is 2. The van der Waals surface area contributed by atoms with Crippen LogP contribution >= 0.6 is 0 Å². The second kappa shape index (κ2) is 5.95. The molecule has 21 heavy (non-hydrogen) atoms. The van der Waals surface area contributed by atoms with Gasteiger partial charge in [0.1, 0.15) is 0 Å². The second-order valence-electron chi connectivity index (χ2n) is 5.70. The van der Waals surface area contributed by atoms with E-state index in [4.69, 9.17) is 4.74 Å². The van der Waals surface area contributed by atoms with Crippen LogP contribution in [0, 0.1) is 0 Å². The van der Waals surface area contributed by atoms with Gasteiger partial charge in [0, 0.05) is 44.6 Å². The number of carbonyl (C=O) groups is 1. The summed E-state index contributed by atoms with van der Waals surface area (Å²) >= 11 is 0. The van der Waals surface area contributed by atoms with Gasteiger partial charge in [-0.2, -0.15) is 0 Å². The van der Waals surface area contributed by atoms with Crippen molar-refractivity contribution in [3.05, 3.63) is 18.0 Å². The quantitative estimate of drug-likeness (QED) is 0.823. The SMILES string of the molecule is CNc1ncc(C(=O)N[C@H]2C[C@H]3CO[C@@H](C)CN3C2)cn1. The zero-order chi connectivity index (χ0) is 14.8. The first kappa shape index (κ1) is 14.2. The maximum atomic E-state index is 12.2. The van der Waals surface area contributed by atoms with Crippen molar-refractivity contribution in [2.45, 2.75) is 31.5 Å². The van der Waals surface area contributed by atoms with Crippen LogP contribution in [0.15, 0.2) is 12.4 Å². The zero-order valence-corrected chi connectivity index (χ0v) is 12.4. The molecule has 7 heteroatoms. The van der Waals surface area contributed by atoms with Crippen molar-refractivity contribution < 1.29 is 9.53 Å². The highest BCUT2D eigenvalue weighted by Crippen LogP contribution is 2.23. The summed E-state index contributed by atoms with van der Waals surface area (Å²) in [6, 6.07) is 0.592. The minimum absolute atomic E-state index is 0.114. The van der Waals surface area contributed by atoms with Gasteiger partial charge >= 0.3 is 0 Å². The van der Waals surface area contributed by atoms with E-state index in [2.05, 4.69) is 32.4 Å². The zero-order valence-electron chi connectivity index (χ0n) is 12.4. The van der Waals surface area contributed by atoms with Gasteiger partial charge in [0.2, 0.25) is 5.95 Å². The molecule has 2 aliphatic rings. The Hall–Kier alpha value is -1.73. The second-order valence-corrected chi connectivity index (χ2v) is 5.70. The minimum atomic E-state index is -0.114. The van der Waals surface area contributed by atoms with Crippen LogP contribution in [0.5, 0.6) is 0 Å². The summed E-state index contributed by atoms with van der Waals surface area (Å²) in [5.41, 5.74) is 0.489. The average Bonchev–Trinajstić information content (AvgIpc) is 2.88. The summed E-state index contributed by atoms with van der Waals surface area (Å²) in [4.78, 5) is 22.7. The number of morpholine rings is 1. The first-order valence-corrected chi connectivity index (χ1v) is 7.32. The Balaban J connectivity index is 1.58. The summed E-state index contributed by atoms with van der Waals surface area (Å²) < 4.78 is 5.67. The molecule has 0 unspecified atom stereocenters. The molecule has 1 aromatic rings. The summed E-state index contributed by atoms with van der Waals surface area (Å²) in [5.74, 6) is 0.396. The summed E-state index contributed by atoms with van der Waals surface area (Å²) in [6.07, 6.45) is 4.30. The van der Waals surface area contributed by atoms with Crippen molar-refractivity contribution in [2.75, 3.05) is 32.1 Å². The molecule has 1 amide bonds. The summed E-state index contributed by atoms with van der Waals surface area (Å²) in [7, 11) is 1.74. The van der Waals surface area contributed by atoms with Crippen molar-refractivity contribution in [3.63, 3.8) is 0 Å². The molecule has 3 heterocycles. The smallest absolute Gasteiger partial charge is 0.254 e. The van der Waals surface area contributed by atoms with Crippen molar-refractivity contribution in [1.29, 1.82) is 0 Å². The van der Waals surface area contributed by atoms with E-state index in [1.165, 1.54) is 0 Å². The number of fused-ring (bicyclic) bond motifs is 1. The molecule has 0 aliphatic carbocycles. The molecule has 0 bridgehead atoms. The van der Waals surface area contributed by atoms with Crippen LogP contribution in [-0.2, 0) is 4.74 Å². The lowest BCUT2D eigenvalue weighted by Gasteiger charge is -2.33. The molecule has 2 saturated heterocycles. The third kappa shape index (κ3) is 3.14. The number of aromatic nitrogens is 2. The Morgan fingerprint density at radius 3 is 2.86 bits per heavy atom. The fourth-order valence-electron chi connectivity index (χ4n) is 2.99. The van der Waals surface area contributed by atoms with Gasteiger partial charge in [-0.25, -0.2) is 9.97 Å². The van der Waals surface area contributed by atoms with Crippen LogP contribution in [-0.4, -0.2) is 65.7 Å². The molecule has 0 spiro atoms. The number of ether oxygens (including phenoxy) is 1. The molecule has 0 aromatic carbocycles. The van der Waals surface area contributed by atoms with Gasteiger partial charge in [-0.1, -0.05) is 0 Å². The number of carbonyl (C=O) groups excluding carboxylic acids is 1. The highest BCUT2D eigenvalue weighted by molar-refractivity contribution is 5.93. The number of hydrogen-bond acceptors (Lipinski definition) is 6. The van der Waals surface area contributed by atoms with E-state index in [9.17, 15) is 4.79 Å². The number of anilines is 1. The fourth-order valence-corrected chi connectivity index (χ4v) is 2.99. The highest BCUT2D eigenvalue weighted by atomic mass is 16.5. The van der Waals surface area contributed by atoms with E-state index in [1.807, 2.05) is 0 Å². The van der Waals surface area contributed by atoms with E-state index in [-0.39, 0.29) is 18.1 Å². The van der Waals surface area contributed by atoms with Crippen LogP contribution in [0.1, 0.15) is 23.7 Å². The van der Waals surface area contributed by atoms with E-state index in [0.29, 0.717) is 17.6 Å². The van der Waals surface area contributed by atoms with Crippen LogP contribution < -0.4 is 10.6 Å². The summed E-state index contributed by atoms with van der Waals surface area (Å²) in [5, 5.41) is 5.90. The minimum Gasteiger partial charge on any atom is -0.376 e. The van der Waals surface area contributed by atoms with Crippen LogP contribution in [0.4, 0.5) is 5.95 Å². The van der Waals surface area contributed by atoms with E-state index in [0.717, 1.165) is 26.1 Å². The van der Waals surface area contributed by atoms with Gasteiger partial charge in [0.25, 0.3) is 5.91 Å². The topological polar surface area (TPSA) is 79.4 Å². The highest BCUT2D eigenvalue weighted by Gasteiger charge is 2.36. The maximum Gasteiger partial charge on any atom is 0.254 e. The first-order valence-electron chi connectivity index (χ1n) is 7.32. The third-order valence-corrected chi connectivity index (χ3v) is 4.07. The van der Waals surface area contributed by atoms with Crippen LogP contribution in [0.25, 0.3) is 0 Å². The first-order chi connectivity index (χ1) is 10.2. The predicted octanol–water partition coefficient (Wildman–Crippen LogP) is 0.110. The van der Waals surface area contributed by atoms with Gasteiger partial charge < -0.3 is 15.4 Å². The number of rotatable bonds is 3. The number of amides is 1. The summed E-state index contributed by atoms with van der Waals surface area (Å²) in [6.45, 7) is 4.67. The molecule has 114 valence electrons. The lowest BCUT2D eigenvalue weighted by molar-refractivity contribution is -0.0390. The molecule has 2 N–H and O–H groups in total. The van der Waals surface area contributed by atoms with Crippen LogP contribution in [0.2, 0.25) is 0 Å². The van der Waals surface area contributed by atoms with Gasteiger partial charge in [-0.3, -0.25) is 9.69 Å². The predicted molar refractivity (Wildman–Crippen MR) is 78.2 cm³/mol. The van der Waals surface area contributed by atoms with E-state index >= 15 is 0 Å². The molecule has 1 aromatic heterocycles. The van der Waals surface area contributed by atoms with Gasteiger partial charge in [-0.15, -0.1) is 0 Å². The van der Waals surface area contributed by atoms with Crippen molar-refractivity contribution in [3.8, 4) is 0 Å². The molecule has 3 atom stereocenters. The Morgan fingerprint density at radius 1 is 1.38 bits per heavy atom. The molecular weight excluding hydrogens is 270 g/mol. The average molecular weight is 291 g/mol. The van der Waals surface area contributed by atoms with Gasteiger partial charge in [0.15, 0.2) is 0 Å². The monoisotopic (exact) mass is 291 g/mol. The fraction of sp³-hybridized carbons (Fsp3) is 0.643. The van der Waals surface area contributed by atoms with E-state index < -0.39 is 0 Å². The van der Waals surface area contributed by atoms with Crippen molar-refractivity contribution in [1.82, 2.24) is 20.2 Å². The Bertz CT molecular complexity index is 507. The third-order valence-electron chi connectivity index (χ3n) is 4.07. The van der Waals surface area contributed by atoms with Crippen molar-refractivity contribution in [2.24, 2.45) is 0 Å². The largest absolute Gasteiger partial charge is 0.376 e. The molecular formula is C14H21N5O2. The molecule has 3 rings (SSSR count). The van der Waals surface area contributed by atoms with Gasteiger partial charge in [0.05, 0.1) is 18.3 Å². The normalized spacial score (nSPS) is 29.0. The molecule has 0 radical (unpaired) electrons. The number of nitrogens with zero attached hydrogens (tertiary/aromatic N) is 3. The molecule has 2 aliphatic heterocycles. The van der Waals surface area contributed by atoms with Crippen molar-refractivity contribution >= 4 is 11.9 Å². The Kier molecular flexibility index (Phi) is 4.03. The lowest BCUT2D eigenvalue weighted by atomic mass is 10.1. The van der Waals surface area contributed by atoms with Gasteiger partial charge in [-0.05, 0) is 13.3 Å². The molecule has 0 saturated carbocycles. The Labute approximate surface area is 124 Å². The maximum absolute atomic E-state index is 12.2. The van der Waals surface area contributed by atoms with E-state index in [1.54, 1.807) is 19.4 Å². The molecule has 7 nitrogen and oxygen atoms in total. The molecule has 2 fully saturated rings. The van der Waals surface area contributed by atoms with Crippen LogP contribution in [0.3, 0.4) is 0 Å². The number of hydrogen-bond donors (Lipinski definition) is 2. The Morgan fingerprint density at radius 2 is 2.14 bits per heavy atom. The standard InChI is InChI=1S/C14H21N5O2/c1-9-6-19-7-11(3-12(19)8-21-9)18-13(20)10-4-16-14(15-2)17-5-10/h4-5,9,11-12H,3,6-8H2,1-2H3,(H,18,20)(H,15,16,17)/t9-,11-,12-/m0/s1. The lowest BCUT2D eigenvalue weighted by Crippen LogP contribution is -2.45.